The molecule has 0 bridgehead atoms. The van der Waals surface area contributed by atoms with E-state index in [1.165, 1.54) is 12.1 Å². The number of halogens is 3. The first kappa shape index (κ1) is 12.7. The van der Waals surface area contributed by atoms with Gasteiger partial charge in [-0.1, -0.05) is 15.9 Å². The standard InChI is InChI=1S/C10H7BrCl2O2/c1-5(12)9(14)8-4-6(11)2-3-7(8)10(13)15/h2-5H,1H3. The second-order valence-electron chi connectivity index (χ2n) is 2.94. The molecule has 1 aromatic rings. The number of Topliss-reactive ketones (excluding diaryl/α,β-unsaturated/α-hetero) is 1. The fraction of sp³-hybridized carbons (Fsp3) is 0.200. The van der Waals surface area contributed by atoms with Crippen molar-refractivity contribution in [2.24, 2.45) is 0 Å². The van der Waals surface area contributed by atoms with Gasteiger partial charge < -0.3 is 0 Å². The van der Waals surface area contributed by atoms with Gasteiger partial charge in [0.15, 0.2) is 5.78 Å². The molecule has 0 saturated heterocycles. The summed E-state index contributed by atoms with van der Waals surface area (Å²) in [6, 6.07) is 4.67. The minimum absolute atomic E-state index is 0.178. The van der Waals surface area contributed by atoms with Gasteiger partial charge >= 0.3 is 0 Å². The molecule has 0 radical (unpaired) electrons. The van der Waals surface area contributed by atoms with E-state index in [1.54, 1.807) is 13.0 Å². The van der Waals surface area contributed by atoms with Crippen molar-refractivity contribution in [3.63, 3.8) is 0 Å². The second kappa shape index (κ2) is 5.10. The van der Waals surface area contributed by atoms with E-state index in [1.807, 2.05) is 0 Å². The SMILES string of the molecule is CC(Cl)C(=O)c1cc(Br)ccc1C(=O)Cl. The first-order valence-electron chi connectivity index (χ1n) is 4.11. The Balaban J connectivity index is 3.30. The zero-order chi connectivity index (χ0) is 11.6. The Morgan fingerprint density at radius 1 is 1.33 bits per heavy atom. The maximum Gasteiger partial charge on any atom is 0.253 e. The normalized spacial score (nSPS) is 12.3. The fourth-order valence-electron chi connectivity index (χ4n) is 1.11. The fourth-order valence-corrected chi connectivity index (χ4v) is 1.75. The Morgan fingerprint density at radius 2 is 1.93 bits per heavy atom. The molecule has 1 aromatic carbocycles. The van der Waals surface area contributed by atoms with Gasteiger partial charge in [0.2, 0.25) is 0 Å². The highest BCUT2D eigenvalue weighted by Crippen LogP contribution is 2.21. The molecule has 80 valence electrons. The molecule has 1 atom stereocenters. The van der Waals surface area contributed by atoms with E-state index in [0.29, 0.717) is 4.47 Å². The Morgan fingerprint density at radius 3 is 2.40 bits per heavy atom. The molecule has 2 nitrogen and oxygen atoms in total. The predicted molar refractivity (Wildman–Crippen MR) is 64.0 cm³/mol. The molecule has 0 spiro atoms. The third-order valence-corrected chi connectivity index (χ3v) is 2.72. The van der Waals surface area contributed by atoms with Gasteiger partial charge in [0.25, 0.3) is 5.24 Å². The van der Waals surface area contributed by atoms with Crippen LogP contribution in [0.1, 0.15) is 27.6 Å². The molecule has 0 aliphatic carbocycles. The van der Waals surface area contributed by atoms with Crippen LogP contribution in [0.25, 0.3) is 0 Å². The zero-order valence-electron chi connectivity index (χ0n) is 7.76. The van der Waals surface area contributed by atoms with E-state index in [4.69, 9.17) is 23.2 Å². The van der Waals surface area contributed by atoms with Crippen LogP contribution < -0.4 is 0 Å². The molecule has 0 N–H and O–H groups in total. The Labute approximate surface area is 106 Å². The minimum atomic E-state index is -0.686. The molecule has 0 heterocycles. The summed E-state index contributed by atoms with van der Waals surface area (Å²) in [5, 5.41) is -1.35. The van der Waals surface area contributed by atoms with Crippen molar-refractivity contribution in [3.05, 3.63) is 33.8 Å². The lowest BCUT2D eigenvalue weighted by atomic mass is 10.0. The van der Waals surface area contributed by atoms with Gasteiger partial charge in [-0.25, -0.2) is 0 Å². The van der Waals surface area contributed by atoms with Crippen LogP contribution in [0.4, 0.5) is 0 Å². The molecule has 0 saturated carbocycles. The highest BCUT2D eigenvalue weighted by molar-refractivity contribution is 9.10. The number of alkyl halides is 1. The summed E-state index contributed by atoms with van der Waals surface area (Å²) in [6.07, 6.45) is 0. The summed E-state index contributed by atoms with van der Waals surface area (Å²) in [7, 11) is 0. The van der Waals surface area contributed by atoms with E-state index < -0.39 is 10.6 Å². The van der Waals surface area contributed by atoms with Crippen LogP contribution in [0, 0.1) is 0 Å². The van der Waals surface area contributed by atoms with E-state index in [-0.39, 0.29) is 16.9 Å². The number of hydrogen-bond acceptors (Lipinski definition) is 2. The minimum Gasteiger partial charge on any atom is -0.292 e. The van der Waals surface area contributed by atoms with Crippen LogP contribution in [0.5, 0.6) is 0 Å². The highest BCUT2D eigenvalue weighted by Gasteiger charge is 2.19. The lowest BCUT2D eigenvalue weighted by Gasteiger charge is -2.07. The molecular formula is C10H7BrCl2O2. The first-order valence-corrected chi connectivity index (χ1v) is 5.72. The molecule has 0 aliphatic rings. The number of ketones is 1. The zero-order valence-corrected chi connectivity index (χ0v) is 10.9. The number of rotatable bonds is 3. The molecule has 0 amide bonds. The van der Waals surface area contributed by atoms with E-state index in [9.17, 15) is 9.59 Å². The van der Waals surface area contributed by atoms with Gasteiger partial charge in [0, 0.05) is 15.6 Å². The molecule has 0 fully saturated rings. The van der Waals surface area contributed by atoms with Crippen molar-refractivity contribution in [1.29, 1.82) is 0 Å². The Bertz CT molecular complexity index is 416. The lowest BCUT2D eigenvalue weighted by Crippen LogP contribution is -2.14. The highest BCUT2D eigenvalue weighted by atomic mass is 79.9. The van der Waals surface area contributed by atoms with Crippen molar-refractivity contribution in [1.82, 2.24) is 0 Å². The van der Waals surface area contributed by atoms with Crippen LogP contribution in [-0.2, 0) is 0 Å². The summed E-state index contributed by atoms with van der Waals surface area (Å²) in [5.41, 5.74) is 0.421. The molecule has 0 aliphatic heterocycles. The number of carbonyl (C=O) groups excluding carboxylic acids is 2. The van der Waals surface area contributed by atoms with Gasteiger partial charge in [-0.05, 0) is 36.7 Å². The molecular weight excluding hydrogens is 303 g/mol. The smallest absolute Gasteiger partial charge is 0.253 e. The van der Waals surface area contributed by atoms with Crippen LogP contribution >= 0.6 is 39.1 Å². The van der Waals surface area contributed by atoms with Crippen LogP contribution in [-0.4, -0.2) is 16.4 Å². The first-order chi connectivity index (χ1) is 6.93. The van der Waals surface area contributed by atoms with E-state index >= 15 is 0 Å². The van der Waals surface area contributed by atoms with Crippen LogP contribution in [0.3, 0.4) is 0 Å². The monoisotopic (exact) mass is 308 g/mol. The van der Waals surface area contributed by atoms with Gasteiger partial charge in [-0.2, -0.15) is 0 Å². The van der Waals surface area contributed by atoms with Gasteiger partial charge in [-0.15, -0.1) is 11.6 Å². The summed E-state index contributed by atoms with van der Waals surface area (Å²) in [4.78, 5) is 22.7. The third-order valence-electron chi connectivity index (χ3n) is 1.82. The number of hydrogen-bond donors (Lipinski definition) is 0. The summed E-state index contributed by atoms with van der Waals surface area (Å²) >= 11 is 14.2. The maximum atomic E-state index is 11.7. The van der Waals surface area contributed by atoms with Crippen LogP contribution in [0.15, 0.2) is 22.7 Å². The van der Waals surface area contributed by atoms with E-state index in [0.717, 1.165) is 0 Å². The number of benzene rings is 1. The summed E-state index contributed by atoms with van der Waals surface area (Å²) in [5.74, 6) is -0.318. The largest absolute Gasteiger partial charge is 0.292 e. The molecule has 0 aromatic heterocycles. The topological polar surface area (TPSA) is 34.1 Å². The summed E-state index contributed by atoms with van der Waals surface area (Å²) < 4.78 is 0.699. The molecule has 15 heavy (non-hydrogen) atoms. The average Bonchev–Trinajstić information content (AvgIpc) is 2.15. The quantitative estimate of drug-likeness (QED) is 0.485. The van der Waals surface area contributed by atoms with E-state index in [2.05, 4.69) is 15.9 Å². The van der Waals surface area contributed by atoms with Gasteiger partial charge in [0.1, 0.15) is 0 Å². The van der Waals surface area contributed by atoms with Crippen molar-refractivity contribution in [2.75, 3.05) is 0 Å². The number of carbonyl (C=O) groups is 2. The van der Waals surface area contributed by atoms with Gasteiger partial charge in [-0.3, -0.25) is 9.59 Å². The van der Waals surface area contributed by atoms with Crippen molar-refractivity contribution >= 4 is 50.2 Å². The summed E-state index contributed by atoms with van der Waals surface area (Å²) in [6.45, 7) is 1.55. The average molecular weight is 310 g/mol. The van der Waals surface area contributed by atoms with Crippen molar-refractivity contribution < 1.29 is 9.59 Å². The lowest BCUT2D eigenvalue weighted by molar-refractivity contribution is 0.0981. The van der Waals surface area contributed by atoms with Crippen molar-refractivity contribution in [3.8, 4) is 0 Å². The van der Waals surface area contributed by atoms with Gasteiger partial charge in [0.05, 0.1) is 5.38 Å². The Hall–Kier alpha value is -0.380. The third kappa shape index (κ3) is 3.03. The Kier molecular flexibility index (Phi) is 4.32. The predicted octanol–water partition coefficient (Wildman–Crippen LogP) is 3.64. The molecule has 1 rings (SSSR count). The molecule has 1 unspecified atom stereocenters. The van der Waals surface area contributed by atoms with Crippen LogP contribution in [0.2, 0.25) is 0 Å². The van der Waals surface area contributed by atoms with Crippen molar-refractivity contribution in [2.45, 2.75) is 12.3 Å². The molecule has 5 heteroatoms. The maximum absolute atomic E-state index is 11.7. The second-order valence-corrected chi connectivity index (χ2v) is 4.86.